The number of halogens is 1. The van der Waals surface area contributed by atoms with Gasteiger partial charge in [0.25, 0.3) is 0 Å². The Balaban J connectivity index is 0.000000151. The van der Waals surface area contributed by atoms with E-state index in [1.165, 1.54) is 12.1 Å². The Kier molecular flexibility index (Phi) is 5.68. The van der Waals surface area contributed by atoms with E-state index in [4.69, 9.17) is 5.73 Å². The molecule has 3 N–H and O–H groups in total. The summed E-state index contributed by atoms with van der Waals surface area (Å²) in [7, 11) is 0. The van der Waals surface area contributed by atoms with Crippen LogP contribution in [0.5, 0.6) is 0 Å². The van der Waals surface area contributed by atoms with Crippen molar-refractivity contribution in [2.75, 3.05) is 13.1 Å². The van der Waals surface area contributed by atoms with Gasteiger partial charge in [-0.2, -0.15) is 0 Å². The predicted octanol–water partition coefficient (Wildman–Crippen LogP) is 1.81. The molecule has 1 aromatic rings. The number of benzene rings is 1. The van der Waals surface area contributed by atoms with Gasteiger partial charge in [0.1, 0.15) is 5.82 Å². The summed E-state index contributed by atoms with van der Waals surface area (Å²) in [5.41, 5.74) is 5.59. The molecule has 15 heavy (non-hydrogen) atoms. The van der Waals surface area contributed by atoms with Crippen LogP contribution < -0.4 is 11.1 Å². The van der Waals surface area contributed by atoms with Crippen LogP contribution in [0.2, 0.25) is 0 Å². The third kappa shape index (κ3) is 5.77. The van der Waals surface area contributed by atoms with E-state index in [0.29, 0.717) is 6.04 Å². The fourth-order valence-electron chi connectivity index (χ4n) is 1.29. The van der Waals surface area contributed by atoms with Crippen molar-refractivity contribution in [2.24, 2.45) is 5.73 Å². The van der Waals surface area contributed by atoms with Crippen LogP contribution in [0.4, 0.5) is 4.39 Å². The molecule has 0 unspecified atom stereocenters. The minimum absolute atomic E-state index is 0.220. The van der Waals surface area contributed by atoms with E-state index in [-0.39, 0.29) is 5.82 Å². The summed E-state index contributed by atoms with van der Waals surface area (Å²) in [6.45, 7) is 2.22. The first kappa shape index (κ1) is 12.5. The molecule has 0 saturated carbocycles. The highest BCUT2D eigenvalue weighted by molar-refractivity contribution is 7.80. The van der Waals surface area contributed by atoms with Crippen LogP contribution in [0.25, 0.3) is 0 Å². The summed E-state index contributed by atoms with van der Waals surface area (Å²) >= 11 is 3.97. The minimum atomic E-state index is -0.220. The Labute approximate surface area is 95.5 Å². The molecule has 1 aliphatic rings. The standard InChI is InChI=1S/C6H5FS.C5H12N2/c7-5-1-3-6(8)4-2-5;6-5-1-3-7-4-2-5/h1-4,8H;5,7H,1-4,6H2. The Morgan fingerprint density at radius 1 is 1.20 bits per heavy atom. The average Bonchev–Trinajstić information content (AvgIpc) is 2.25. The van der Waals surface area contributed by atoms with Gasteiger partial charge in [-0.25, -0.2) is 4.39 Å². The number of piperidine rings is 1. The lowest BCUT2D eigenvalue weighted by Gasteiger charge is -2.17. The quantitative estimate of drug-likeness (QED) is 0.593. The Hall–Kier alpha value is -0.580. The number of nitrogens with two attached hydrogens (primary N) is 1. The molecule has 0 amide bonds. The summed E-state index contributed by atoms with van der Waals surface area (Å²) in [5, 5.41) is 3.24. The number of rotatable bonds is 0. The lowest BCUT2D eigenvalue weighted by molar-refractivity contribution is 0.458. The average molecular weight is 228 g/mol. The Morgan fingerprint density at radius 2 is 1.73 bits per heavy atom. The monoisotopic (exact) mass is 228 g/mol. The first-order valence-corrected chi connectivity index (χ1v) is 5.54. The second kappa shape index (κ2) is 6.82. The third-order valence-electron chi connectivity index (χ3n) is 2.21. The van der Waals surface area contributed by atoms with Crippen LogP contribution in [-0.4, -0.2) is 19.1 Å². The SMILES string of the molecule is Fc1ccc(S)cc1.NC1CCNCC1. The summed E-state index contributed by atoms with van der Waals surface area (Å²) in [4.78, 5) is 0.784. The summed E-state index contributed by atoms with van der Waals surface area (Å²) in [6, 6.07) is 6.45. The van der Waals surface area contributed by atoms with E-state index < -0.39 is 0 Å². The Bertz CT molecular complexity index is 249. The maximum absolute atomic E-state index is 12.1. The molecule has 0 aromatic heterocycles. The fourth-order valence-corrected chi connectivity index (χ4v) is 1.43. The van der Waals surface area contributed by atoms with E-state index in [9.17, 15) is 4.39 Å². The van der Waals surface area contributed by atoms with E-state index in [0.717, 1.165) is 30.8 Å². The normalized spacial score (nSPS) is 16.7. The highest BCUT2D eigenvalue weighted by Crippen LogP contribution is 2.05. The van der Waals surface area contributed by atoms with Gasteiger partial charge in [0.15, 0.2) is 0 Å². The van der Waals surface area contributed by atoms with Crippen molar-refractivity contribution in [3.8, 4) is 0 Å². The van der Waals surface area contributed by atoms with Gasteiger partial charge < -0.3 is 11.1 Å². The molecule has 1 heterocycles. The number of nitrogens with one attached hydrogen (secondary N) is 1. The largest absolute Gasteiger partial charge is 0.328 e. The van der Waals surface area contributed by atoms with Gasteiger partial charge in [0.2, 0.25) is 0 Å². The van der Waals surface area contributed by atoms with Crippen LogP contribution in [0.3, 0.4) is 0 Å². The molecule has 4 heteroatoms. The van der Waals surface area contributed by atoms with Crippen molar-refractivity contribution in [1.82, 2.24) is 5.32 Å². The molecule has 0 atom stereocenters. The van der Waals surface area contributed by atoms with Gasteiger partial charge >= 0.3 is 0 Å². The molecule has 1 saturated heterocycles. The molecule has 0 bridgehead atoms. The van der Waals surface area contributed by atoms with Gasteiger partial charge in [-0.15, -0.1) is 12.6 Å². The van der Waals surface area contributed by atoms with E-state index in [1.54, 1.807) is 12.1 Å². The molecule has 1 fully saturated rings. The molecular formula is C11H17FN2S. The van der Waals surface area contributed by atoms with E-state index >= 15 is 0 Å². The molecule has 0 radical (unpaired) electrons. The molecule has 1 aromatic carbocycles. The van der Waals surface area contributed by atoms with Crippen molar-refractivity contribution >= 4 is 12.6 Å². The van der Waals surface area contributed by atoms with Crippen LogP contribution >= 0.6 is 12.6 Å². The first-order chi connectivity index (χ1) is 7.18. The van der Waals surface area contributed by atoms with Crippen LogP contribution in [-0.2, 0) is 0 Å². The molecule has 1 aliphatic heterocycles. The van der Waals surface area contributed by atoms with Crippen molar-refractivity contribution in [3.63, 3.8) is 0 Å². The van der Waals surface area contributed by atoms with E-state index in [2.05, 4.69) is 17.9 Å². The van der Waals surface area contributed by atoms with Crippen LogP contribution in [0, 0.1) is 5.82 Å². The third-order valence-corrected chi connectivity index (χ3v) is 2.51. The number of hydrogen-bond acceptors (Lipinski definition) is 3. The minimum Gasteiger partial charge on any atom is -0.328 e. The molecule has 2 rings (SSSR count). The summed E-state index contributed by atoms with van der Waals surface area (Å²) < 4.78 is 12.1. The summed E-state index contributed by atoms with van der Waals surface area (Å²) in [6.07, 6.45) is 2.31. The smallest absolute Gasteiger partial charge is 0.123 e. The van der Waals surface area contributed by atoms with Gasteiger partial charge in [0, 0.05) is 10.9 Å². The molecule has 0 spiro atoms. The lowest BCUT2D eigenvalue weighted by atomic mass is 10.1. The maximum Gasteiger partial charge on any atom is 0.123 e. The Morgan fingerprint density at radius 3 is 2.07 bits per heavy atom. The first-order valence-electron chi connectivity index (χ1n) is 5.09. The highest BCUT2D eigenvalue weighted by Gasteiger charge is 2.05. The van der Waals surface area contributed by atoms with Gasteiger partial charge in [-0.3, -0.25) is 0 Å². The van der Waals surface area contributed by atoms with Crippen molar-refractivity contribution in [1.29, 1.82) is 0 Å². The topological polar surface area (TPSA) is 38.0 Å². The molecule has 0 aliphatic carbocycles. The fraction of sp³-hybridized carbons (Fsp3) is 0.455. The summed E-state index contributed by atoms with van der Waals surface area (Å²) in [5.74, 6) is -0.220. The number of thiol groups is 1. The zero-order chi connectivity index (χ0) is 11.1. The molecule has 84 valence electrons. The second-order valence-electron chi connectivity index (χ2n) is 3.56. The zero-order valence-corrected chi connectivity index (χ0v) is 9.51. The van der Waals surface area contributed by atoms with Gasteiger partial charge in [0.05, 0.1) is 0 Å². The van der Waals surface area contributed by atoms with Crippen LogP contribution in [0.15, 0.2) is 29.2 Å². The predicted molar refractivity (Wildman–Crippen MR) is 63.7 cm³/mol. The van der Waals surface area contributed by atoms with E-state index in [1.807, 2.05) is 0 Å². The van der Waals surface area contributed by atoms with Crippen molar-refractivity contribution < 1.29 is 4.39 Å². The van der Waals surface area contributed by atoms with Gasteiger partial charge in [-0.05, 0) is 50.2 Å². The maximum atomic E-state index is 12.1. The zero-order valence-electron chi connectivity index (χ0n) is 8.62. The highest BCUT2D eigenvalue weighted by atomic mass is 32.1. The second-order valence-corrected chi connectivity index (χ2v) is 4.08. The molecule has 2 nitrogen and oxygen atoms in total. The van der Waals surface area contributed by atoms with Crippen molar-refractivity contribution in [2.45, 2.75) is 23.8 Å². The molecular weight excluding hydrogens is 211 g/mol. The van der Waals surface area contributed by atoms with Crippen LogP contribution in [0.1, 0.15) is 12.8 Å². The van der Waals surface area contributed by atoms with Crippen molar-refractivity contribution in [3.05, 3.63) is 30.1 Å². The van der Waals surface area contributed by atoms with Gasteiger partial charge in [-0.1, -0.05) is 0 Å². The number of hydrogen-bond donors (Lipinski definition) is 3. The lowest BCUT2D eigenvalue weighted by Crippen LogP contribution is -2.35.